The summed E-state index contributed by atoms with van der Waals surface area (Å²) in [7, 11) is 2.13. The maximum atomic E-state index is 12.2. The van der Waals surface area contributed by atoms with Gasteiger partial charge >= 0.3 is 6.03 Å². The van der Waals surface area contributed by atoms with Gasteiger partial charge in [-0.1, -0.05) is 30.3 Å². The van der Waals surface area contributed by atoms with Crippen LogP contribution in [0.2, 0.25) is 0 Å². The lowest BCUT2D eigenvalue weighted by Gasteiger charge is -2.35. The van der Waals surface area contributed by atoms with Gasteiger partial charge < -0.3 is 20.4 Å². The number of para-hydroxylation sites is 3. The van der Waals surface area contributed by atoms with Gasteiger partial charge in [0.25, 0.3) is 0 Å². The van der Waals surface area contributed by atoms with E-state index in [2.05, 4.69) is 33.5 Å². The van der Waals surface area contributed by atoms with Crippen LogP contribution >= 0.6 is 0 Å². The highest BCUT2D eigenvalue weighted by Crippen LogP contribution is 2.26. The molecule has 2 aromatic rings. The minimum absolute atomic E-state index is 0.224. The second kappa shape index (κ2) is 7.15. The first-order chi connectivity index (χ1) is 11.2. The second-order valence-corrected chi connectivity index (χ2v) is 5.75. The van der Waals surface area contributed by atoms with E-state index >= 15 is 0 Å². The molecule has 5 heteroatoms. The van der Waals surface area contributed by atoms with Crippen molar-refractivity contribution in [3.63, 3.8) is 0 Å². The summed E-state index contributed by atoms with van der Waals surface area (Å²) in [5.41, 5.74) is 2.69. The fourth-order valence-corrected chi connectivity index (χ4v) is 2.71. The number of rotatable bonds is 3. The number of likely N-dealkylation sites (N-methyl/N-ethyl adjacent to an activating group) is 1. The highest BCUT2D eigenvalue weighted by atomic mass is 16.2. The second-order valence-electron chi connectivity index (χ2n) is 5.75. The third kappa shape index (κ3) is 4.02. The average molecular weight is 310 g/mol. The topological polar surface area (TPSA) is 47.6 Å². The number of carbonyl (C=O) groups excluding carboxylic acids is 1. The highest BCUT2D eigenvalue weighted by Gasteiger charge is 2.17. The van der Waals surface area contributed by atoms with Crippen LogP contribution in [0.5, 0.6) is 0 Å². The summed E-state index contributed by atoms with van der Waals surface area (Å²) in [4.78, 5) is 16.9. The summed E-state index contributed by atoms with van der Waals surface area (Å²) >= 11 is 0. The molecule has 3 rings (SSSR count). The number of anilines is 3. The smallest absolute Gasteiger partial charge is 0.323 e. The molecule has 120 valence electrons. The molecule has 1 heterocycles. The molecule has 1 aliphatic rings. The molecular formula is C18H22N4O. The Kier molecular flexibility index (Phi) is 4.78. The molecule has 1 fully saturated rings. The van der Waals surface area contributed by atoms with Crippen molar-refractivity contribution < 1.29 is 4.79 Å². The van der Waals surface area contributed by atoms with E-state index in [4.69, 9.17) is 0 Å². The summed E-state index contributed by atoms with van der Waals surface area (Å²) < 4.78 is 0. The Morgan fingerprint density at radius 2 is 1.52 bits per heavy atom. The standard InChI is InChI=1S/C18H22N4O/c1-21-11-13-22(14-12-21)17-10-6-5-9-16(17)20-18(23)19-15-7-3-2-4-8-15/h2-10H,11-14H2,1H3,(H2,19,20,23). The van der Waals surface area contributed by atoms with E-state index in [9.17, 15) is 4.79 Å². The molecule has 0 radical (unpaired) electrons. The van der Waals surface area contributed by atoms with Crippen molar-refractivity contribution >= 4 is 23.1 Å². The Balaban J connectivity index is 1.69. The van der Waals surface area contributed by atoms with E-state index in [0.717, 1.165) is 43.2 Å². The van der Waals surface area contributed by atoms with Gasteiger partial charge in [-0.2, -0.15) is 0 Å². The zero-order valence-electron chi connectivity index (χ0n) is 13.3. The quantitative estimate of drug-likeness (QED) is 0.916. The van der Waals surface area contributed by atoms with Crippen molar-refractivity contribution in [1.29, 1.82) is 0 Å². The van der Waals surface area contributed by atoms with Crippen molar-refractivity contribution in [3.05, 3.63) is 54.6 Å². The van der Waals surface area contributed by atoms with E-state index in [1.165, 1.54) is 0 Å². The van der Waals surface area contributed by atoms with E-state index in [0.29, 0.717) is 0 Å². The van der Waals surface area contributed by atoms with Gasteiger partial charge in [0.15, 0.2) is 0 Å². The molecule has 2 amide bonds. The fourth-order valence-electron chi connectivity index (χ4n) is 2.71. The number of hydrogen-bond donors (Lipinski definition) is 2. The maximum absolute atomic E-state index is 12.2. The van der Waals surface area contributed by atoms with Crippen molar-refractivity contribution in [2.75, 3.05) is 48.8 Å². The normalized spacial score (nSPS) is 15.3. The molecule has 0 spiro atoms. The number of nitrogens with one attached hydrogen (secondary N) is 2. The molecule has 1 saturated heterocycles. The fraction of sp³-hybridized carbons (Fsp3) is 0.278. The van der Waals surface area contributed by atoms with Crippen LogP contribution in [0, 0.1) is 0 Å². The van der Waals surface area contributed by atoms with Gasteiger partial charge in [0.1, 0.15) is 0 Å². The molecule has 23 heavy (non-hydrogen) atoms. The Morgan fingerprint density at radius 3 is 2.26 bits per heavy atom. The zero-order chi connectivity index (χ0) is 16.1. The lowest BCUT2D eigenvalue weighted by molar-refractivity contribution is 0.262. The van der Waals surface area contributed by atoms with Crippen LogP contribution in [0.1, 0.15) is 0 Å². The minimum Gasteiger partial charge on any atom is -0.367 e. The van der Waals surface area contributed by atoms with E-state index in [1.54, 1.807) is 0 Å². The van der Waals surface area contributed by atoms with Crippen molar-refractivity contribution in [1.82, 2.24) is 4.90 Å². The SMILES string of the molecule is CN1CCN(c2ccccc2NC(=O)Nc2ccccc2)CC1. The summed E-state index contributed by atoms with van der Waals surface area (Å²) in [6.45, 7) is 4.00. The van der Waals surface area contributed by atoms with Gasteiger partial charge in [0, 0.05) is 31.9 Å². The third-order valence-corrected chi connectivity index (χ3v) is 4.03. The molecule has 0 aromatic heterocycles. The molecule has 2 N–H and O–H groups in total. The number of amides is 2. The Hall–Kier alpha value is -2.53. The average Bonchev–Trinajstić information content (AvgIpc) is 2.57. The summed E-state index contributed by atoms with van der Waals surface area (Å²) in [5, 5.41) is 5.81. The van der Waals surface area contributed by atoms with Crippen LogP contribution in [0.25, 0.3) is 0 Å². The van der Waals surface area contributed by atoms with Crippen LogP contribution in [0.15, 0.2) is 54.6 Å². The molecule has 2 aromatic carbocycles. The van der Waals surface area contributed by atoms with Crippen LogP contribution in [0.3, 0.4) is 0 Å². The van der Waals surface area contributed by atoms with Crippen molar-refractivity contribution in [2.45, 2.75) is 0 Å². The van der Waals surface area contributed by atoms with Gasteiger partial charge in [0.2, 0.25) is 0 Å². The number of benzene rings is 2. The summed E-state index contributed by atoms with van der Waals surface area (Å²) in [5.74, 6) is 0. The molecule has 0 bridgehead atoms. The first kappa shape index (κ1) is 15.4. The highest BCUT2D eigenvalue weighted by molar-refractivity contribution is 6.01. The molecule has 0 atom stereocenters. The molecule has 1 aliphatic heterocycles. The number of nitrogens with zero attached hydrogens (tertiary/aromatic N) is 2. The van der Waals surface area contributed by atoms with Crippen LogP contribution in [-0.2, 0) is 0 Å². The maximum Gasteiger partial charge on any atom is 0.323 e. The third-order valence-electron chi connectivity index (χ3n) is 4.03. The summed E-state index contributed by atoms with van der Waals surface area (Å²) in [6, 6.07) is 17.2. The lowest BCUT2D eigenvalue weighted by atomic mass is 10.2. The molecular weight excluding hydrogens is 288 g/mol. The minimum atomic E-state index is -0.224. The molecule has 0 aliphatic carbocycles. The van der Waals surface area contributed by atoms with Crippen LogP contribution in [-0.4, -0.2) is 44.2 Å². The number of carbonyl (C=O) groups is 1. The molecule has 0 saturated carbocycles. The summed E-state index contributed by atoms with van der Waals surface area (Å²) in [6.07, 6.45) is 0. The number of hydrogen-bond acceptors (Lipinski definition) is 3. The predicted octanol–water partition coefficient (Wildman–Crippen LogP) is 3.08. The predicted molar refractivity (Wildman–Crippen MR) is 95.2 cm³/mol. The molecule has 5 nitrogen and oxygen atoms in total. The van der Waals surface area contributed by atoms with Gasteiger partial charge in [-0.25, -0.2) is 4.79 Å². The first-order valence-corrected chi connectivity index (χ1v) is 7.88. The zero-order valence-corrected chi connectivity index (χ0v) is 13.3. The van der Waals surface area contributed by atoms with Crippen molar-refractivity contribution in [3.8, 4) is 0 Å². The monoisotopic (exact) mass is 310 g/mol. The van der Waals surface area contributed by atoms with E-state index in [-0.39, 0.29) is 6.03 Å². The lowest BCUT2D eigenvalue weighted by Crippen LogP contribution is -2.44. The number of piperazine rings is 1. The largest absolute Gasteiger partial charge is 0.367 e. The van der Waals surface area contributed by atoms with E-state index in [1.807, 2.05) is 48.5 Å². The van der Waals surface area contributed by atoms with Gasteiger partial charge in [0.05, 0.1) is 11.4 Å². The van der Waals surface area contributed by atoms with Gasteiger partial charge in [-0.05, 0) is 31.3 Å². The van der Waals surface area contributed by atoms with Crippen LogP contribution < -0.4 is 15.5 Å². The van der Waals surface area contributed by atoms with E-state index < -0.39 is 0 Å². The Morgan fingerprint density at radius 1 is 0.870 bits per heavy atom. The Bertz CT molecular complexity index is 651. The Labute approximate surface area is 136 Å². The van der Waals surface area contributed by atoms with Crippen LogP contribution in [0.4, 0.5) is 21.9 Å². The molecule has 0 unspecified atom stereocenters. The number of urea groups is 1. The van der Waals surface area contributed by atoms with Gasteiger partial charge in [-0.3, -0.25) is 0 Å². The first-order valence-electron chi connectivity index (χ1n) is 7.88. The van der Waals surface area contributed by atoms with Crippen molar-refractivity contribution in [2.24, 2.45) is 0 Å². The van der Waals surface area contributed by atoms with Gasteiger partial charge in [-0.15, -0.1) is 0 Å².